The predicted octanol–water partition coefficient (Wildman–Crippen LogP) is 3.87. The van der Waals surface area contributed by atoms with E-state index >= 15 is 0 Å². The molecule has 0 atom stereocenters. The SMILES string of the molecule is Cc1ccoc1-c1nc2c(s1)C(=O)CC(C)(C)C2. The Morgan fingerprint density at radius 3 is 2.83 bits per heavy atom. The topological polar surface area (TPSA) is 43.1 Å². The molecule has 18 heavy (non-hydrogen) atoms. The molecule has 0 aromatic carbocycles. The fourth-order valence-electron chi connectivity index (χ4n) is 2.41. The van der Waals surface area contributed by atoms with Crippen LogP contribution in [-0.4, -0.2) is 10.8 Å². The second kappa shape index (κ2) is 3.79. The van der Waals surface area contributed by atoms with E-state index < -0.39 is 0 Å². The smallest absolute Gasteiger partial charge is 0.175 e. The minimum atomic E-state index is 0.0215. The molecule has 2 aromatic heterocycles. The fraction of sp³-hybridized carbons (Fsp3) is 0.429. The molecule has 0 aliphatic heterocycles. The molecular formula is C14H15NO2S. The maximum Gasteiger partial charge on any atom is 0.175 e. The lowest BCUT2D eigenvalue weighted by Crippen LogP contribution is -2.25. The van der Waals surface area contributed by atoms with Crippen molar-refractivity contribution in [2.75, 3.05) is 0 Å². The number of aromatic nitrogens is 1. The number of fused-ring (bicyclic) bond motifs is 1. The Morgan fingerprint density at radius 2 is 2.17 bits per heavy atom. The third kappa shape index (κ3) is 1.81. The maximum absolute atomic E-state index is 12.1. The quantitative estimate of drug-likeness (QED) is 0.782. The van der Waals surface area contributed by atoms with Crippen LogP contribution in [0.25, 0.3) is 10.8 Å². The Kier molecular flexibility index (Phi) is 2.45. The largest absolute Gasteiger partial charge is 0.462 e. The van der Waals surface area contributed by atoms with E-state index in [-0.39, 0.29) is 11.2 Å². The van der Waals surface area contributed by atoms with Crippen LogP contribution in [0.4, 0.5) is 0 Å². The lowest BCUT2D eigenvalue weighted by Gasteiger charge is -2.26. The number of nitrogens with zero attached hydrogens (tertiary/aromatic N) is 1. The van der Waals surface area contributed by atoms with Gasteiger partial charge in [0.05, 0.1) is 16.8 Å². The molecular weight excluding hydrogens is 246 g/mol. The van der Waals surface area contributed by atoms with Crippen LogP contribution in [0.1, 0.15) is 41.2 Å². The highest BCUT2D eigenvalue weighted by Crippen LogP contribution is 2.40. The van der Waals surface area contributed by atoms with Gasteiger partial charge in [-0.1, -0.05) is 13.8 Å². The second-order valence-corrected chi connectivity index (χ2v) is 6.67. The summed E-state index contributed by atoms with van der Waals surface area (Å²) in [5.41, 5.74) is 2.02. The van der Waals surface area contributed by atoms with Crippen molar-refractivity contribution < 1.29 is 9.21 Å². The monoisotopic (exact) mass is 261 g/mol. The maximum atomic E-state index is 12.1. The highest BCUT2D eigenvalue weighted by atomic mass is 32.1. The van der Waals surface area contributed by atoms with Gasteiger partial charge in [-0.15, -0.1) is 11.3 Å². The summed E-state index contributed by atoms with van der Waals surface area (Å²) in [6, 6.07) is 1.92. The minimum absolute atomic E-state index is 0.0215. The molecule has 0 saturated heterocycles. The molecule has 3 rings (SSSR count). The molecule has 1 aliphatic rings. The van der Waals surface area contributed by atoms with Gasteiger partial charge in [0, 0.05) is 6.42 Å². The summed E-state index contributed by atoms with van der Waals surface area (Å²) < 4.78 is 5.45. The molecule has 2 aromatic rings. The van der Waals surface area contributed by atoms with Crippen LogP contribution in [0.2, 0.25) is 0 Å². The first-order valence-corrected chi connectivity index (χ1v) is 6.85. The van der Waals surface area contributed by atoms with E-state index in [1.54, 1.807) is 6.26 Å². The predicted molar refractivity (Wildman–Crippen MR) is 71.0 cm³/mol. The van der Waals surface area contributed by atoms with E-state index in [9.17, 15) is 4.79 Å². The van der Waals surface area contributed by atoms with E-state index in [4.69, 9.17) is 4.42 Å². The number of aryl methyl sites for hydroxylation is 1. The van der Waals surface area contributed by atoms with Gasteiger partial charge in [0.2, 0.25) is 0 Å². The number of rotatable bonds is 1. The van der Waals surface area contributed by atoms with E-state index in [1.165, 1.54) is 11.3 Å². The van der Waals surface area contributed by atoms with Gasteiger partial charge in [0.25, 0.3) is 0 Å². The van der Waals surface area contributed by atoms with Crippen LogP contribution < -0.4 is 0 Å². The van der Waals surface area contributed by atoms with Gasteiger partial charge in [-0.05, 0) is 30.4 Å². The van der Waals surface area contributed by atoms with Gasteiger partial charge in [0.15, 0.2) is 16.6 Å². The summed E-state index contributed by atoms with van der Waals surface area (Å²) in [5.74, 6) is 1.01. The van der Waals surface area contributed by atoms with Crippen LogP contribution in [0.5, 0.6) is 0 Å². The Balaban J connectivity index is 2.08. The van der Waals surface area contributed by atoms with Crippen LogP contribution >= 0.6 is 11.3 Å². The number of hydrogen-bond acceptors (Lipinski definition) is 4. The van der Waals surface area contributed by atoms with Crippen molar-refractivity contribution >= 4 is 17.1 Å². The molecule has 0 N–H and O–H groups in total. The summed E-state index contributed by atoms with van der Waals surface area (Å²) in [4.78, 5) is 17.5. The van der Waals surface area contributed by atoms with Crippen molar-refractivity contribution in [3.05, 3.63) is 28.5 Å². The number of Topliss-reactive ketones (excluding diaryl/α,β-unsaturated/α-hetero) is 1. The normalized spacial score (nSPS) is 17.8. The molecule has 0 spiro atoms. The number of furan rings is 1. The van der Waals surface area contributed by atoms with Gasteiger partial charge in [-0.25, -0.2) is 4.98 Å². The standard InChI is InChI=1S/C14H15NO2S/c1-8-4-5-17-11(8)13-15-9-6-14(2,3)7-10(16)12(9)18-13/h4-5H,6-7H2,1-3H3. The highest BCUT2D eigenvalue weighted by Gasteiger charge is 2.34. The van der Waals surface area contributed by atoms with Gasteiger partial charge >= 0.3 is 0 Å². The second-order valence-electron chi connectivity index (χ2n) is 5.67. The molecule has 0 bridgehead atoms. The van der Waals surface area contributed by atoms with Crippen molar-refractivity contribution in [2.45, 2.75) is 33.6 Å². The molecule has 0 saturated carbocycles. The van der Waals surface area contributed by atoms with Crippen LogP contribution in [0, 0.1) is 12.3 Å². The Hall–Kier alpha value is -1.42. The number of carbonyl (C=O) groups is 1. The zero-order valence-corrected chi connectivity index (χ0v) is 11.6. The Labute approximate surface area is 110 Å². The van der Waals surface area contributed by atoms with Crippen molar-refractivity contribution in [2.24, 2.45) is 5.41 Å². The van der Waals surface area contributed by atoms with Crippen molar-refractivity contribution in [3.63, 3.8) is 0 Å². The first-order valence-electron chi connectivity index (χ1n) is 6.04. The number of ketones is 1. The lowest BCUT2D eigenvalue weighted by molar-refractivity contribution is 0.0916. The summed E-state index contributed by atoms with van der Waals surface area (Å²) in [5, 5.41) is 0.827. The number of hydrogen-bond donors (Lipinski definition) is 0. The van der Waals surface area contributed by atoms with Gasteiger partial charge in [-0.3, -0.25) is 4.79 Å². The van der Waals surface area contributed by atoms with Gasteiger partial charge in [-0.2, -0.15) is 0 Å². The van der Waals surface area contributed by atoms with E-state index in [1.807, 2.05) is 13.0 Å². The van der Waals surface area contributed by atoms with Crippen LogP contribution in [0.15, 0.2) is 16.7 Å². The molecule has 0 radical (unpaired) electrons. The van der Waals surface area contributed by atoms with Crippen molar-refractivity contribution in [3.8, 4) is 10.8 Å². The summed E-state index contributed by atoms with van der Waals surface area (Å²) in [6.45, 7) is 6.22. The first-order chi connectivity index (χ1) is 8.46. The average molecular weight is 261 g/mol. The minimum Gasteiger partial charge on any atom is -0.462 e. The average Bonchev–Trinajstić information content (AvgIpc) is 2.82. The molecule has 3 nitrogen and oxygen atoms in total. The first kappa shape index (κ1) is 11.7. The Bertz CT molecular complexity index is 622. The van der Waals surface area contributed by atoms with E-state index in [0.717, 1.165) is 33.3 Å². The Morgan fingerprint density at radius 1 is 1.39 bits per heavy atom. The summed E-state index contributed by atoms with van der Waals surface area (Å²) in [6.07, 6.45) is 3.14. The van der Waals surface area contributed by atoms with E-state index in [0.29, 0.717) is 6.42 Å². The highest BCUT2D eigenvalue weighted by molar-refractivity contribution is 7.17. The molecule has 94 valence electrons. The van der Waals surface area contributed by atoms with E-state index in [2.05, 4.69) is 18.8 Å². The summed E-state index contributed by atoms with van der Waals surface area (Å²) in [7, 11) is 0. The molecule has 0 amide bonds. The lowest BCUT2D eigenvalue weighted by atomic mass is 9.78. The van der Waals surface area contributed by atoms with Gasteiger partial charge < -0.3 is 4.42 Å². The third-order valence-electron chi connectivity index (χ3n) is 3.29. The molecule has 0 unspecified atom stereocenters. The molecule has 0 fully saturated rings. The zero-order valence-electron chi connectivity index (χ0n) is 10.7. The van der Waals surface area contributed by atoms with Crippen molar-refractivity contribution in [1.29, 1.82) is 0 Å². The van der Waals surface area contributed by atoms with Crippen molar-refractivity contribution in [1.82, 2.24) is 4.98 Å². The van der Waals surface area contributed by atoms with Crippen LogP contribution in [-0.2, 0) is 6.42 Å². The molecule has 2 heterocycles. The molecule has 4 heteroatoms. The molecule has 1 aliphatic carbocycles. The fourth-order valence-corrected chi connectivity index (χ4v) is 3.48. The van der Waals surface area contributed by atoms with Crippen LogP contribution in [0.3, 0.4) is 0 Å². The third-order valence-corrected chi connectivity index (χ3v) is 4.43. The summed E-state index contributed by atoms with van der Waals surface area (Å²) >= 11 is 1.46. The van der Waals surface area contributed by atoms with Gasteiger partial charge in [0.1, 0.15) is 0 Å². The number of thiazole rings is 1. The zero-order chi connectivity index (χ0) is 12.9. The number of carbonyl (C=O) groups excluding carboxylic acids is 1.